The standard InChI is InChI=1S/C22H24N2O3/c1-23-12-3-10-22(21(23)27)11-13-24(15-22)20(26)18-5-2-4-17(14-18)16-6-8-19(25)9-7-16/h2,4-9,14,25H,3,10-13,15H2,1H3/t22-/m0/s1. The number of likely N-dealkylation sites (tertiary alicyclic amines) is 2. The first-order valence-electron chi connectivity index (χ1n) is 9.43. The normalized spacial score (nSPS) is 22.5. The highest BCUT2D eigenvalue weighted by Gasteiger charge is 2.48. The fourth-order valence-electron chi connectivity index (χ4n) is 4.36. The third kappa shape index (κ3) is 3.18. The van der Waals surface area contributed by atoms with E-state index in [0.717, 1.165) is 36.9 Å². The second-order valence-electron chi connectivity index (χ2n) is 7.71. The molecule has 2 aliphatic heterocycles. The Morgan fingerprint density at radius 3 is 2.59 bits per heavy atom. The average Bonchev–Trinajstić information content (AvgIpc) is 3.11. The van der Waals surface area contributed by atoms with Crippen molar-refractivity contribution in [1.29, 1.82) is 0 Å². The topological polar surface area (TPSA) is 60.9 Å². The van der Waals surface area contributed by atoms with Crippen LogP contribution in [0, 0.1) is 5.41 Å². The number of hydrogen-bond donors (Lipinski definition) is 1. The van der Waals surface area contributed by atoms with Gasteiger partial charge in [0.1, 0.15) is 5.75 Å². The van der Waals surface area contributed by atoms with E-state index in [1.165, 1.54) is 0 Å². The number of hydrogen-bond acceptors (Lipinski definition) is 3. The van der Waals surface area contributed by atoms with E-state index >= 15 is 0 Å². The first-order chi connectivity index (χ1) is 13.0. The van der Waals surface area contributed by atoms with Crippen molar-refractivity contribution in [3.63, 3.8) is 0 Å². The predicted molar refractivity (Wildman–Crippen MR) is 103 cm³/mol. The summed E-state index contributed by atoms with van der Waals surface area (Å²) in [4.78, 5) is 29.4. The maximum atomic E-state index is 13.1. The average molecular weight is 364 g/mol. The monoisotopic (exact) mass is 364 g/mol. The molecule has 2 fully saturated rings. The summed E-state index contributed by atoms with van der Waals surface area (Å²) >= 11 is 0. The highest BCUT2D eigenvalue weighted by molar-refractivity contribution is 5.96. The van der Waals surface area contributed by atoms with Crippen molar-refractivity contribution in [1.82, 2.24) is 9.80 Å². The number of carbonyl (C=O) groups excluding carboxylic acids is 2. The lowest BCUT2D eigenvalue weighted by atomic mass is 9.78. The van der Waals surface area contributed by atoms with Crippen LogP contribution in [-0.4, -0.2) is 53.4 Å². The number of benzene rings is 2. The van der Waals surface area contributed by atoms with Gasteiger partial charge >= 0.3 is 0 Å². The number of phenols is 1. The van der Waals surface area contributed by atoms with Crippen molar-refractivity contribution in [3.8, 4) is 16.9 Å². The van der Waals surface area contributed by atoms with Crippen molar-refractivity contribution >= 4 is 11.8 Å². The van der Waals surface area contributed by atoms with Gasteiger partial charge in [0.15, 0.2) is 0 Å². The molecule has 2 aromatic carbocycles. The van der Waals surface area contributed by atoms with Gasteiger partial charge in [-0.2, -0.15) is 0 Å². The fraction of sp³-hybridized carbons (Fsp3) is 0.364. The zero-order valence-electron chi connectivity index (χ0n) is 15.5. The number of aromatic hydroxyl groups is 1. The Hall–Kier alpha value is -2.82. The molecule has 1 N–H and O–H groups in total. The van der Waals surface area contributed by atoms with Gasteiger partial charge in [0.2, 0.25) is 5.91 Å². The minimum atomic E-state index is -0.392. The minimum Gasteiger partial charge on any atom is -0.508 e. The number of carbonyl (C=O) groups is 2. The van der Waals surface area contributed by atoms with Crippen LogP contribution in [0.4, 0.5) is 0 Å². The van der Waals surface area contributed by atoms with Gasteiger partial charge in [0.25, 0.3) is 5.91 Å². The van der Waals surface area contributed by atoms with Gasteiger partial charge in [-0.15, -0.1) is 0 Å². The van der Waals surface area contributed by atoms with Crippen LogP contribution in [-0.2, 0) is 4.79 Å². The van der Waals surface area contributed by atoms with E-state index in [2.05, 4.69) is 0 Å². The third-order valence-corrected chi connectivity index (χ3v) is 5.90. The summed E-state index contributed by atoms with van der Waals surface area (Å²) in [6.45, 7) is 1.95. The first kappa shape index (κ1) is 17.6. The molecule has 0 bridgehead atoms. The van der Waals surface area contributed by atoms with Gasteiger partial charge in [-0.1, -0.05) is 24.3 Å². The molecule has 5 nitrogen and oxygen atoms in total. The molecule has 2 heterocycles. The summed E-state index contributed by atoms with van der Waals surface area (Å²) in [5.41, 5.74) is 2.12. The maximum Gasteiger partial charge on any atom is 0.253 e. The lowest BCUT2D eigenvalue weighted by Gasteiger charge is -2.37. The molecule has 0 radical (unpaired) electrons. The van der Waals surface area contributed by atoms with Crippen LogP contribution < -0.4 is 0 Å². The Kier molecular flexibility index (Phi) is 4.38. The van der Waals surface area contributed by atoms with Crippen molar-refractivity contribution in [2.75, 3.05) is 26.7 Å². The smallest absolute Gasteiger partial charge is 0.253 e. The molecule has 5 heteroatoms. The summed E-state index contributed by atoms with van der Waals surface area (Å²) in [5, 5.41) is 9.46. The highest BCUT2D eigenvalue weighted by atomic mass is 16.3. The van der Waals surface area contributed by atoms with Gasteiger partial charge < -0.3 is 14.9 Å². The molecule has 4 rings (SSSR count). The van der Waals surface area contributed by atoms with E-state index < -0.39 is 5.41 Å². The Balaban J connectivity index is 1.54. The predicted octanol–water partition coefficient (Wildman–Crippen LogP) is 3.14. The molecule has 0 saturated carbocycles. The Bertz CT molecular complexity index is 877. The second-order valence-corrected chi connectivity index (χ2v) is 7.71. The summed E-state index contributed by atoms with van der Waals surface area (Å²) in [5.74, 6) is 0.380. The molecule has 2 aromatic rings. The van der Waals surface area contributed by atoms with Crippen LogP contribution in [0.3, 0.4) is 0 Å². The number of piperidine rings is 1. The Morgan fingerprint density at radius 2 is 1.81 bits per heavy atom. The van der Waals surface area contributed by atoms with Gasteiger partial charge in [-0.3, -0.25) is 9.59 Å². The van der Waals surface area contributed by atoms with E-state index in [-0.39, 0.29) is 17.6 Å². The fourth-order valence-corrected chi connectivity index (χ4v) is 4.36. The molecule has 27 heavy (non-hydrogen) atoms. The molecule has 0 aliphatic carbocycles. The molecular formula is C22H24N2O3. The summed E-state index contributed by atoms with van der Waals surface area (Å²) in [6, 6.07) is 14.5. The van der Waals surface area contributed by atoms with Gasteiger partial charge in [0.05, 0.1) is 5.41 Å². The van der Waals surface area contributed by atoms with Crippen molar-refractivity contribution in [2.24, 2.45) is 5.41 Å². The van der Waals surface area contributed by atoms with E-state index in [4.69, 9.17) is 0 Å². The molecule has 2 saturated heterocycles. The molecule has 2 amide bonds. The van der Waals surface area contributed by atoms with Gasteiger partial charge in [0, 0.05) is 32.2 Å². The van der Waals surface area contributed by atoms with Crippen LogP contribution in [0.5, 0.6) is 5.75 Å². The van der Waals surface area contributed by atoms with Crippen molar-refractivity contribution in [2.45, 2.75) is 19.3 Å². The largest absolute Gasteiger partial charge is 0.508 e. The van der Waals surface area contributed by atoms with Crippen molar-refractivity contribution in [3.05, 3.63) is 54.1 Å². The number of amides is 2. The van der Waals surface area contributed by atoms with E-state index in [1.54, 1.807) is 12.1 Å². The molecule has 2 aliphatic rings. The van der Waals surface area contributed by atoms with Gasteiger partial charge in [-0.05, 0) is 54.7 Å². The van der Waals surface area contributed by atoms with Crippen LogP contribution in [0.2, 0.25) is 0 Å². The molecule has 140 valence electrons. The number of rotatable bonds is 2. The Labute approximate surface area is 159 Å². The highest BCUT2D eigenvalue weighted by Crippen LogP contribution is 2.40. The first-order valence-corrected chi connectivity index (χ1v) is 9.43. The van der Waals surface area contributed by atoms with E-state index in [1.807, 2.05) is 53.2 Å². The lowest BCUT2D eigenvalue weighted by Crippen LogP contribution is -2.48. The summed E-state index contributed by atoms with van der Waals surface area (Å²) in [7, 11) is 1.86. The van der Waals surface area contributed by atoms with E-state index in [0.29, 0.717) is 18.7 Å². The SMILES string of the molecule is CN1CCC[C@@]2(CCN(C(=O)c3cccc(-c4ccc(O)cc4)c3)C2)C1=O. The quantitative estimate of drug-likeness (QED) is 0.891. The lowest BCUT2D eigenvalue weighted by molar-refractivity contribution is -0.143. The molecular weight excluding hydrogens is 340 g/mol. The summed E-state index contributed by atoms with van der Waals surface area (Å²) < 4.78 is 0. The molecule has 0 aromatic heterocycles. The molecule has 1 atom stereocenters. The van der Waals surface area contributed by atoms with Crippen LogP contribution >= 0.6 is 0 Å². The van der Waals surface area contributed by atoms with Crippen LogP contribution in [0.1, 0.15) is 29.6 Å². The summed E-state index contributed by atoms with van der Waals surface area (Å²) in [6.07, 6.45) is 2.62. The molecule has 1 spiro atoms. The number of phenolic OH excluding ortho intramolecular Hbond substituents is 1. The second kappa shape index (κ2) is 6.72. The minimum absolute atomic E-state index is 0.0199. The number of nitrogens with zero attached hydrogens (tertiary/aromatic N) is 2. The van der Waals surface area contributed by atoms with Crippen LogP contribution in [0.15, 0.2) is 48.5 Å². The van der Waals surface area contributed by atoms with Crippen LogP contribution in [0.25, 0.3) is 11.1 Å². The molecule has 0 unspecified atom stereocenters. The van der Waals surface area contributed by atoms with E-state index in [9.17, 15) is 14.7 Å². The zero-order valence-corrected chi connectivity index (χ0v) is 15.5. The van der Waals surface area contributed by atoms with Gasteiger partial charge in [-0.25, -0.2) is 0 Å². The zero-order chi connectivity index (χ0) is 19.0. The van der Waals surface area contributed by atoms with Crippen molar-refractivity contribution < 1.29 is 14.7 Å². The third-order valence-electron chi connectivity index (χ3n) is 5.90. The Morgan fingerprint density at radius 1 is 1.04 bits per heavy atom. The maximum absolute atomic E-state index is 13.1.